The summed E-state index contributed by atoms with van der Waals surface area (Å²) in [5.74, 6) is -0.547. The van der Waals surface area contributed by atoms with Gasteiger partial charge in [-0.3, -0.25) is 19.2 Å². The molecule has 2 aliphatic heterocycles. The molecule has 3 amide bonds. The molecule has 1 aromatic carbocycles. The number of fused-ring (bicyclic) bond motifs is 2. The van der Waals surface area contributed by atoms with E-state index in [1.165, 1.54) is 0 Å². The normalized spacial score (nSPS) is 24.5. The smallest absolute Gasteiger partial charge is 0.246 e. The van der Waals surface area contributed by atoms with Crippen molar-refractivity contribution in [3.05, 3.63) is 36.0 Å². The molecule has 10 heteroatoms. The van der Waals surface area contributed by atoms with E-state index >= 15 is 0 Å². The third-order valence-electron chi connectivity index (χ3n) is 9.17. The summed E-state index contributed by atoms with van der Waals surface area (Å²) in [6.45, 7) is 4.42. The molecule has 0 saturated carbocycles. The Labute approximate surface area is 259 Å². The first-order chi connectivity index (χ1) is 20.8. The molecular weight excluding hydrogens is 564 g/mol. The highest BCUT2D eigenvalue weighted by atomic mass is 32.2. The van der Waals surface area contributed by atoms with E-state index in [-0.39, 0.29) is 42.3 Å². The fraction of sp³-hybridized carbons (Fsp3) is 0.636. The van der Waals surface area contributed by atoms with Crippen LogP contribution in [0.1, 0.15) is 77.2 Å². The monoisotopic (exact) mass is 612 g/mol. The molecule has 2 N–H and O–H groups in total. The summed E-state index contributed by atoms with van der Waals surface area (Å²) < 4.78 is 1.65. The number of nitrogens with zero attached hydrogens (tertiary/aromatic N) is 2. The molecule has 1 unspecified atom stereocenters. The number of amides is 3. The second-order valence-corrected chi connectivity index (χ2v) is 13.1. The summed E-state index contributed by atoms with van der Waals surface area (Å²) in [5.41, 5.74) is 1.70. The summed E-state index contributed by atoms with van der Waals surface area (Å²) >= 11 is 1.80. The van der Waals surface area contributed by atoms with E-state index in [2.05, 4.69) is 16.9 Å². The number of Topliss-reactive ketones (excluding diaryl/α,β-unsaturated/α-hetero) is 1. The molecule has 9 nitrogen and oxygen atoms in total. The number of carbonyl (C=O) groups excluding carboxylic acids is 4. The summed E-state index contributed by atoms with van der Waals surface area (Å²) in [6, 6.07) is 5.50. The van der Waals surface area contributed by atoms with Gasteiger partial charge in [-0.05, 0) is 61.7 Å². The van der Waals surface area contributed by atoms with Gasteiger partial charge in [0.25, 0.3) is 0 Å². The lowest BCUT2D eigenvalue weighted by Crippen LogP contribution is -2.61. The maximum absolute atomic E-state index is 14.0. The zero-order chi connectivity index (χ0) is 30.9. The van der Waals surface area contributed by atoms with Crippen LogP contribution >= 0.6 is 11.8 Å². The van der Waals surface area contributed by atoms with Crippen LogP contribution in [0.15, 0.2) is 30.5 Å². The zero-order valence-corrected chi connectivity index (χ0v) is 26.9. The van der Waals surface area contributed by atoms with Crippen LogP contribution in [0.25, 0.3) is 10.9 Å². The third-order valence-corrected chi connectivity index (χ3v) is 9.86. The highest BCUT2D eigenvalue weighted by Gasteiger charge is 2.40. The van der Waals surface area contributed by atoms with Crippen LogP contribution in [0.4, 0.5) is 0 Å². The predicted molar refractivity (Wildman–Crippen MR) is 171 cm³/mol. The van der Waals surface area contributed by atoms with Crippen LogP contribution in [0, 0.1) is 11.8 Å². The first-order valence-electron chi connectivity index (χ1n) is 15.8. The van der Waals surface area contributed by atoms with Crippen LogP contribution in [-0.2, 0) is 25.6 Å². The Bertz CT molecular complexity index is 1280. The molecule has 2 aromatic rings. The standard InChI is InChI=1S/C33H48N4O5S/c1-5-22(2)30-33(41)36-17-11-10-16-28(36)29(38)20-23(13-7-6-12-18-43-4)31(39)34-26(32(40)35-30)19-24-21-37(42-3)27-15-9-8-14-25(24)27/h8-9,14-15,21-23,26,28,30H,5-7,10-13,16-20H2,1-4H3,(H,34,39)(H,35,40)/t22?,23-,26+,28-,30+/m1/s1. The molecule has 0 bridgehead atoms. The van der Waals surface area contributed by atoms with Gasteiger partial charge < -0.3 is 20.4 Å². The van der Waals surface area contributed by atoms with Crippen molar-refractivity contribution in [3.63, 3.8) is 0 Å². The number of thioether (sulfide) groups is 1. The second kappa shape index (κ2) is 15.6. The molecule has 43 heavy (non-hydrogen) atoms. The van der Waals surface area contributed by atoms with E-state index in [1.54, 1.807) is 28.5 Å². The highest BCUT2D eigenvalue weighted by molar-refractivity contribution is 7.98. The molecule has 1 aromatic heterocycles. The van der Waals surface area contributed by atoms with Gasteiger partial charge in [0.05, 0.1) is 11.6 Å². The number of aromatic nitrogens is 1. The van der Waals surface area contributed by atoms with Crippen molar-refractivity contribution in [2.45, 2.75) is 96.2 Å². The van der Waals surface area contributed by atoms with Crippen LogP contribution in [-0.4, -0.2) is 76.9 Å². The molecule has 0 spiro atoms. The molecule has 4 rings (SSSR count). The lowest BCUT2D eigenvalue weighted by Gasteiger charge is -2.39. The van der Waals surface area contributed by atoms with Gasteiger partial charge in [0.2, 0.25) is 17.7 Å². The van der Waals surface area contributed by atoms with Crippen molar-refractivity contribution in [1.82, 2.24) is 20.3 Å². The number of unbranched alkanes of at least 4 members (excludes halogenated alkanes) is 2. The molecule has 2 saturated heterocycles. The first kappa shape index (κ1) is 32.9. The Morgan fingerprint density at radius 2 is 1.84 bits per heavy atom. The SMILES string of the molecule is CCC(C)[C@@H]1NC(=O)[C@H](Cc2cn(OC)c3ccccc23)NC(=O)[C@H](CCCCCSC)CC(=O)[C@H]2CCCCN2C1=O. The van der Waals surface area contributed by atoms with Gasteiger partial charge in [-0.15, -0.1) is 0 Å². The predicted octanol–water partition coefficient (Wildman–Crippen LogP) is 4.15. The summed E-state index contributed by atoms with van der Waals surface area (Å²) in [6.07, 6.45) is 10.6. The molecule has 236 valence electrons. The van der Waals surface area contributed by atoms with Gasteiger partial charge in [-0.2, -0.15) is 16.5 Å². The molecule has 2 aliphatic rings. The van der Waals surface area contributed by atoms with Crippen molar-refractivity contribution < 1.29 is 24.0 Å². The van der Waals surface area contributed by atoms with E-state index in [4.69, 9.17) is 4.84 Å². The third kappa shape index (κ3) is 7.94. The van der Waals surface area contributed by atoms with Gasteiger partial charge in [0.15, 0.2) is 5.78 Å². The van der Waals surface area contributed by atoms with Crippen LogP contribution < -0.4 is 15.5 Å². The van der Waals surface area contributed by atoms with E-state index in [0.29, 0.717) is 25.8 Å². The van der Waals surface area contributed by atoms with Crippen LogP contribution in [0.5, 0.6) is 0 Å². The number of nitrogens with one attached hydrogen (secondary N) is 2. The number of benzene rings is 1. The molecular formula is C33H48N4O5S. The van der Waals surface area contributed by atoms with Crippen molar-refractivity contribution in [2.24, 2.45) is 11.8 Å². The summed E-state index contributed by atoms with van der Waals surface area (Å²) in [4.78, 5) is 63.0. The number of hydrogen-bond acceptors (Lipinski definition) is 6. The van der Waals surface area contributed by atoms with Crippen molar-refractivity contribution in [3.8, 4) is 0 Å². The van der Waals surface area contributed by atoms with Gasteiger partial charge in [0, 0.05) is 36.9 Å². The molecule has 0 aliphatic carbocycles. The zero-order valence-electron chi connectivity index (χ0n) is 26.1. The minimum atomic E-state index is -0.923. The van der Waals surface area contributed by atoms with Crippen molar-refractivity contribution in [1.29, 1.82) is 0 Å². The number of ketones is 1. The number of piperidine rings is 1. The Morgan fingerprint density at radius 1 is 1.05 bits per heavy atom. The van der Waals surface area contributed by atoms with Crippen molar-refractivity contribution >= 4 is 46.2 Å². The van der Waals surface area contributed by atoms with Gasteiger partial charge in [0.1, 0.15) is 19.2 Å². The maximum Gasteiger partial charge on any atom is 0.246 e. The minimum Gasteiger partial charge on any atom is -0.417 e. The number of para-hydroxylation sites is 1. The molecule has 5 atom stereocenters. The Hall–Kier alpha value is -3.01. The summed E-state index contributed by atoms with van der Waals surface area (Å²) in [5, 5.41) is 6.98. The van der Waals surface area contributed by atoms with Crippen molar-refractivity contribution in [2.75, 3.05) is 25.7 Å². The van der Waals surface area contributed by atoms with E-state index < -0.39 is 24.0 Å². The fourth-order valence-electron chi connectivity index (χ4n) is 6.41. The summed E-state index contributed by atoms with van der Waals surface area (Å²) in [7, 11) is 1.58. The van der Waals surface area contributed by atoms with Crippen LogP contribution in [0.2, 0.25) is 0 Å². The second-order valence-electron chi connectivity index (χ2n) is 12.1. The van der Waals surface area contributed by atoms with E-state index in [0.717, 1.165) is 54.3 Å². The van der Waals surface area contributed by atoms with E-state index in [1.807, 2.05) is 44.3 Å². The minimum absolute atomic E-state index is 0.0492. The Balaban J connectivity index is 1.69. The topological polar surface area (TPSA) is 110 Å². The average molecular weight is 613 g/mol. The van der Waals surface area contributed by atoms with Gasteiger partial charge in [-0.1, -0.05) is 51.3 Å². The van der Waals surface area contributed by atoms with Crippen LogP contribution in [0.3, 0.4) is 0 Å². The van der Waals surface area contributed by atoms with Gasteiger partial charge in [-0.25, -0.2) is 0 Å². The molecule has 2 fully saturated rings. The quantitative estimate of drug-likeness (QED) is 0.369. The number of hydrogen-bond donors (Lipinski definition) is 2. The van der Waals surface area contributed by atoms with E-state index in [9.17, 15) is 19.2 Å². The average Bonchev–Trinajstić information content (AvgIpc) is 3.38. The largest absolute Gasteiger partial charge is 0.417 e. The lowest BCUT2D eigenvalue weighted by molar-refractivity contribution is -0.147. The molecule has 0 radical (unpaired) electrons. The first-order valence-corrected chi connectivity index (χ1v) is 17.2. The maximum atomic E-state index is 14.0. The number of carbonyl (C=O) groups is 4. The lowest BCUT2D eigenvalue weighted by atomic mass is 9.87. The van der Waals surface area contributed by atoms with Gasteiger partial charge >= 0.3 is 0 Å². The number of rotatable bonds is 11. The Kier molecular flexibility index (Phi) is 12.0. The molecule has 3 heterocycles. The highest BCUT2D eigenvalue weighted by Crippen LogP contribution is 2.27. The fourth-order valence-corrected chi connectivity index (χ4v) is 6.91. The Morgan fingerprint density at radius 3 is 2.58 bits per heavy atom.